The van der Waals surface area contributed by atoms with E-state index in [0.29, 0.717) is 12.3 Å². The second-order valence-electron chi connectivity index (χ2n) is 5.44. The fourth-order valence-corrected chi connectivity index (χ4v) is 2.47. The molecule has 2 heterocycles. The molecule has 2 amide bonds. The molecule has 0 bridgehead atoms. The van der Waals surface area contributed by atoms with Crippen molar-refractivity contribution in [1.82, 2.24) is 15.5 Å². The van der Waals surface area contributed by atoms with Gasteiger partial charge in [0.25, 0.3) is 0 Å². The van der Waals surface area contributed by atoms with E-state index in [1.165, 1.54) is 0 Å². The van der Waals surface area contributed by atoms with Crippen LogP contribution in [0.1, 0.15) is 32.4 Å². The van der Waals surface area contributed by atoms with Crippen LogP contribution in [0.15, 0.2) is 22.8 Å². The zero-order chi connectivity index (χ0) is 15.2. The Morgan fingerprint density at radius 3 is 2.62 bits per heavy atom. The van der Waals surface area contributed by atoms with Crippen molar-refractivity contribution in [3.05, 3.63) is 24.2 Å². The lowest BCUT2D eigenvalue weighted by atomic mass is 10.2. The maximum Gasteiger partial charge on any atom is 0.239 e. The minimum Gasteiger partial charge on any atom is -0.467 e. The van der Waals surface area contributed by atoms with Crippen molar-refractivity contribution in [2.45, 2.75) is 45.3 Å². The third-order valence-electron chi connectivity index (χ3n) is 3.70. The van der Waals surface area contributed by atoms with Crippen molar-refractivity contribution in [2.75, 3.05) is 13.1 Å². The molecule has 6 nitrogen and oxygen atoms in total. The number of amides is 2. The van der Waals surface area contributed by atoms with Gasteiger partial charge in [-0.3, -0.25) is 14.9 Å². The Morgan fingerprint density at radius 1 is 1.29 bits per heavy atom. The molecule has 0 spiro atoms. The van der Waals surface area contributed by atoms with Crippen molar-refractivity contribution in [3.8, 4) is 0 Å². The number of rotatable bonds is 6. The molecule has 21 heavy (non-hydrogen) atoms. The van der Waals surface area contributed by atoms with E-state index in [4.69, 9.17) is 4.42 Å². The van der Waals surface area contributed by atoms with Crippen LogP contribution in [0.2, 0.25) is 0 Å². The molecule has 2 unspecified atom stereocenters. The minimum absolute atomic E-state index is 0.0678. The summed E-state index contributed by atoms with van der Waals surface area (Å²) in [7, 11) is 0. The standard InChI is InChI=1S/C15H23N3O3/c1-11(14(19)16-10-13-6-5-9-21-13)17-12(2)15(20)18-7-3-4-8-18/h5-6,9,11-12,17H,3-4,7-8,10H2,1-2H3,(H,16,19). The molecule has 0 aromatic carbocycles. The number of likely N-dealkylation sites (tertiary alicyclic amines) is 1. The van der Waals surface area contributed by atoms with Crippen LogP contribution in [0.3, 0.4) is 0 Å². The quantitative estimate of drug-likeness (QED) is 0.816. The van der Waals surface area contributed by atoms with Gasteiger partial charge >= 0.3 is 0 Å². The van der Waals surface area contributed by atoms with Crippen LogP contribution in [-0.4, -0.2) is 41.9 Å². The number of carbonyl (C=O) groups is 2. The maximum atomic E-state index is 12.2. The van der Waals surface area contributed by atoms with Gasteiger partial charge in [-0.1, -0.05) is 0 Å². The van der Waals surface area contributed by atoms with Gasteiger partial charge in [-0.15, -0.1) is 0 Å². The van der Waals surface area contributed by atoms with E-state index < -0.39 is 6.04 Å². The van der Waals surface area contributed by atoms with Crippen LogP contribution in [0, 0.1) is 0 Å². The second kappa shape index (κ2) is 7.26. The lowest BCUT2D eigenvalue weighted by Crippen LogP contribution is -2.51. The first-order valence-corrected chi connectivity index (χ1v) is 7.43. The topological polar surface area (TPSA) is 74.6 Å². The summed E-state index contributed by atoms with van der Waals surface area (Å²) in [6, 6.07) is 2.80. The molecule has 2 atom stereocenters. The first-order chi connectivity index (χ1) is 10.1. The number of hydrogen-bond acceptors (Lipinski definition) is 4. The lowest BCUT2D eigenvalue weighted by molar-refractivity contribution is -0.132. The van der Waals surface area contributed by atoms with Gasteiger partial charge in [-0.25, -0.2) is 0 Å². The smallest absolute Gasteiger partial charge is 0.239 e. The molecule has 1 fully saturated rings. The molecule has 6 heteroatoms. The predicted octanol–water partition coefficient (Wildman–Crippen LogP) is 0.885. The highest BCUT2D eigenvalue weighted by Crippen LogP contribution is 2.09. The van der Waals surface area contributed by atoms with Gasteiger partial charge in [0.1, 0.15) is 5.76 Å². The molecule has 1 aromatic heterocycles. The molecule has 0 aliphatic carbocycles. The van der Waals surface area contributed by atoms with E-state index in [9.17, 15) is 9.59 Å². The zero-order valence-corrected chi connectivity index (χ0v) is 12.6. The van der Waals surface area contributed by atoms with E-state index in [2.05, 4.69) is 10.6 Å². The monoisotopic (exact) mass is 293 g/mol. The molecule has 1 aromatic rings. The highest BCUT2D eigenvalue weighted by Gasteiger charge is 2.25. The molecule has 1 saturated heterocycles. The number of nitrogens with zero attached hydrogens (tertiary/aromatic N) is 1. The van der Waals surface area contributed by atoms with Gasteiger partial charge in [0.15, 0.2) is 0 Å². The van der Waals surface area contributed by atoms with Gasteiger partial charge < -0.3 is 14.6 Å². The molecule has 0 radical (unpaired) electrons. The number of carbonyl (C=O) groups excluding carboxylic acids is 2. The normalized spacial score (nSPS) is 17.5. The summed E-state index contributed by atoms with van der Waals surface area (Å²) in [5.41, 5.74) is 0. The summed E-state index contributed by atoms with van der Waals surface area (Å²) in [6.07, 6.45) is 3.70. The van der Waals surface area contributed by atoms with E-state index in [1.807, 2.05) is 4.90 Å². The van der Waals surface area contributed by atoms with Gasteiger partial charge in [0.05, 0.1) is 24.9 Å². The van der Waals surface area contributed by atoms with Crippen LogP contribution in [0.5, 0.6) is 0 Å². The van der Waals surface area contributed by atoms with Crippen molar-refractivity contribution < 1.29 is 14.0 Å². The first-order valence-electron chi connectivity index (χ1n) is 7.43. The summed E-state index contributed by atoms with van der Waals surface area (Å²) in [4.78, 5) is 26.0. The lowest BCUT2D eigenvalue weighted by Gasteiger charge is -2.23. The van der Waals surface area contributed by atoms with Crippen molar-refractivity contribution >= 4 is 11.8 Å². The molecular weight excluding hydrogens is 270 g/mol. The van der Waals surface area contributed by atoms with Crippen molar-refractivity contribution in [3.63, 3.8) is 0 Å². The average Bonchev–Trinajstić information content (AvgIpc) is 3.16. The molecule has 2 N–H and O–H groups in total. The van der Waals surface area contributed by atoms with Crippen molar-refractivity contribution in [1.29, 1.82) is 0 Å². The van der Waals surface area contributed by atoms with E-state index in [1.54, 1.807) is 32.2 Å². The summed E-state index contributed by atoms with van der Waals surface area (Å²) < 4.78 is 5.15. The Labute approximate surface area is 124 Å². The number of hydrogen-bond donors (Lipinski definition) is 2. The Kier molecular flexibility index (Phi) is 5.38. The highest BCUT2D eigenvalue weighted by molar-refractivity contribution is 5.85. The molecule has 2 rings (SSSR count). The maximum absolute atomic E-state index is 12.2. The van der Waals surface area contributed by atoms with Crippen LogP contribution >= 0.6 is 0 Å². The fraction of sp³-hybridized carbons (Fsp3) is 0.600. The van der Waals surface area contributed by atoms with Gasteiger partial charge in [-0.05, 0) is 38.8 Å². The van der Waals surface area contributed by atoms with E-state index in [-0.39, 0.29) is 17.9 Å². The Morgan fingerprint density at radius 2 is 2.00 bits per heavy atom. The molecular formula is C15H23N3O3. The van der Waals surface area contributed by atoms with Crippen LogP contribution < -0.4 is 10.6 Å². The van der Waals surface area contributed by atoms with Gasteiger partial charge in [-0.2, -0.15) is 0 Å². The van der Waals surface area contributed by atoms with Crippen LogP contribution in [-0.2, 0) is 16.1 Å². The van der Waals surface area contributed by atoms with Gasteiger partial charge in [0, 0.05) is 13.1 Å². The third kappa shape index (κ3) is 4.32. The summed E-state index contributed by atoms with van der Waals surface area (Å²) in [6.45, 7) is 5.56. The largest absolute Gasteiger partial charge is 0.467 e. The Bertz CT molecular complexity index is 467. The molecule has 116 valence electrons. The molecule has 0 saturated carbocycles. The summed E-state index contributed by atoms with van der Waals surface area (Å²) >= 11 is 0. The minimum atomic E-state index is -0.429. The number of nitrogens with one attached hydrogen (secondary N) is 2. The summed E-state index contributed by atoms with van der Waals surface area (Å²) in [5, 5.41) is 5.83. The first kappa shape index (κ1) is 15.6. The predicted molar refractivity (Wildman–Crippen MR) is 78.4 cm³/mol. The van der Waals surface area contributed by atoms with Gasteiger partial charge in [0.2, 0.25) is 11.8 Å². The molecule has 1 aliphatic heterocycles. The second-order valence-corrected chi connectivity index (χ2v) is 5.44. The third-order valence-corrected chi connectivity index (χ3v) is 3.70. The SMILES string of the molecule is CC(NC(C)C(=O)N1CCCC1)C(=O)NCc1ccco1. The van der Waals surface area contributed by atoms with Crippen molar-refractivity contribution in [2.24, 2.45) is 0 Å². The summed E-state index contributed by atoms with van der Waals surface area (Å²) in [5.74, 6) is 0.627. The highest BCUT2D eigenvalue weighted by atomic mass is 16.3. The average molecular weight is 293 g/mol. The Hall–Kier alpha value is -1.82. The number of furan rings is 1. The Balaban J connectivity index is 1.75. The molecule has 1 aliphatic rings. The zero-order valence-electron chi connectivity index (χ0n) is 12.6. The van der Waals surface area contributed by atoms with Crippen LogP contribution in [0.4, 0.5) is 0 Å². The fourth-order valence-electron chi connectivity index (χ4n) is 2.47. The van der Waals surface area contributed by atoms with E-state index >= 15 is 0 Å². The van der Waals surface area contributed by atoms with E-state index in [0.717, 1.165) is 25.9 Å². The van der Waals surface area contributed by atoms with Crippen LogP contribution in [0.25, 0.3) is 0 Å².